The van der Waals surface area contributed by atoms with Crippen molar-refractivity contribution in [3.05, 3.63) is 46.6 Å². The van der Waals surface area contributed by atoms with Crippen LogP contribution in [0.15, 0.2) is 28.8 Å². The van der Waals surface area contributed by atoms with E-state index in [0.29, 0.717) is 24.3 Å². The number of aromatic nitrogens is 2. The molecule has 1 aromatic carbocycles. The topological polar surface area (TPSA) is 68.2 Å². The first-order valence-corrected chi connectivity index (χ1v) is 7.58. The Hall–Kier alpha value is -1.14. The van der Waals surface area contributed by atoms with Crippen LogP contribution in [-0.2, 0) is 13.1 Å². The van der Waals surface area contributed by atoms with Gasteiger partial charge in [-0.2, -0.15) is 4.98 Å². The van der Waals surface area contributed by atoms with Crippen molar-refractivity contribution in [2.24, 2.45) is 5.73 Å². The second-order valence-corrected chi connectivity index (χ2v) is 5.88. The number of nitrogens with two attached hydrogens (primary N) is 1. The number of hydrogen-bond donors (Lipinski definition) is 1. The van der Waals surface area contributed by atoms with Gasteiger partial charge in [-0.15, -0.1) is 12.4 Å². The summed E-state index contributed by atoms with van der Waals surface area (Å²) in [6.07, 6.45) is 2.44. The Morgan fingerprint density at radius 2 is 2.05 bits per heavy atom. The highest BCUT2D eigenvalue weighted by Crippen LogP contribution is 2.35. The van der Waals surface area contributed by atoms with E-state index in [9.17, 15) is 0 Å². The van der Waals surface area contributed by atoms with Gasteiger partial charge in [0, 0.05) is 17.1 Å². The zero-order valence-corrected chi connectivity index (χ0v) is 14.0. The molecule has 1 aliphatic carbocycles. The minimum Gasteiger partial charge on any atom is -0.338 e. The number of rotatable bonds is 6. The second kappa shape index (κ2) is 7.42. The summed E-state index contributed by atoms with van der Waals surface area (Å²) in [5.74, 6) is 1.18. The van der Waals surface area contributed by atoms with Crippen molar-refractivity contribution in [3.8, 4) is 0 Å². The van der Waals surface area contributed by atoms with Crippen LogP contribution in [0.3, 0.4) is 0 Å². The van der Waals surface area contributed by atoms with Crippen LogP contribution < -0.4 is 5.73 Å². The Labute approximate surface area is 141 Å². The van der Waals surface area contributed by atoms with Gasteiger partial charge in [0.05, 0.1) is 13.1 Å². The lowest BCUT2D eigenvalue weighted by atomic mass is 10.1. The van der Waals surface area contributed by atoms with Crippen molar-refractivity contribution in [2.45, 2.75) is 44.9 Å². The lowest BCUT2D eigenvalue weighted by Crippen LogP contribution is -2.29. The molecule has 0 bridgehead atoms. The Kier molecular flexibility index (Phi) is 5.81. The monoisotopic (exact) mass is 342 g/mol. The van der Waals surface area contributed by atoms with E-state index in [2.05, 4.69) is 34.1 Å². The van der Waals surface area contributed by atoms with E-state index in [4.69, 9.17) is 21.9 Å². The normalized spacial score (nSPS) is 15.6. The summed E-state index contributed by atoms with van der Waals surface area (Å²) in [6.45, 7) is 3.16. The van der Waals surface area contributed by atoms with Gasteiger partial charge >= 0.3 is 0 Å². The zero-order chi connectivity index (χ0) is 14.8. The molecule has 1 saturated carbocycles. The van der Waals surface area contributed by atoms with Crippen LogP contribution >= 0.6 is 24.0 Å². The maximum absolute atomic E-state index is 5.96. The van der Waals surface area contributed by atoms with Gasteiger partial charge in [0.15, 0.2) is 5.82 Å². The van der Waals surface area contributed by atoms with Gasteiger partial charge in [-0.1, -0.05) is 28.9 Å². The molecular formula is C15H20Cl2N4O. The van der Waals surface area contributed by atoms with Crippen LogP contribution in [0.5, 0.6) is 0 Å². The largest absolute Gasteiger partial charge is 0.338 e. The third-order valence-electron chi connectivity index (χ3n) is 3.87. The van der Waals surface area contributed by atoms with Crippen LogP contribution in [0, 0.1) is 0 Å². The third kappa shape index (κ3) is 3.98. The average molecular weight is 343 g/mol. The summed E-state index contributed by atoms with van der Waals surface area (Å²) in [4.78, 5) is 6.71. The quantitative estimate of drug-likeness (QED) is 0.871. The standard InChI is InChI=1S/C15H19ClN4O.ClH/c1-10(11-2-4-12(16)5-3-11)20(13-6-7-13)9-14-18-15(8-17)21-19-14;/h2-5,10,13H,6-9,17H2,1H3;1H. The minimum absolute atomic E-state index is 0. The number of hydrogen-bond acceptors (Lipinski definition) is 5. The SMILES string of the molecule is CC(c1ccc(Cl)cc1)N(Cc1noc(CN)n1)C1CC1.Cl. The molecule has 0 saturated heterocycles. The predicted molar refractivity (Wildman–Crippen MR) is 87.9 cm³/mol. The molecule has 3 rings (SSSR count). The smallest absolute Gasteiger partial charge is 0.240 e. The molecule has 0 amide bonds. The lowest BCUT2D eigenvalue weighted by molar-refractivity contribution is 0.183. The molecule has 1 unspecified atom stereocenters. The van der Waals surface area contributed by atoms with Gasteiger partial charge in [-0.25, -0.2) is 0 Å². The zero-order valence-electron chi connectivity index (χ0n) is 12.4. The lowest BCUT2D eigenvalue weighted by Gasteiger charge is -2.28. The van der Waals surface area contributed by atoms with E-state index >= 15 is 0 Å². The van der Waals surface area contributed by atoms with Gasteiger partial charge in [0.1, 0.15) is 0 Å². The summed E-state index contributed by atoms with van der Waals surface area (Å²) in [6, 6.07) is 8.89. The average Bonchev–Trinajstić information content (AvgIpc) is 3.24. The summed E-state index contributed by atoms with van der Waals surface area (Å²) < 4.78 is 5.09. The maximum atomic E-state index is 5.96. The highest BCUT2D eigenvalue weighted by molar-refractivity contribution is 6.30. The van der Waals surface area contributed by atoms with Gasteiger partial charge in [-0.05, 0) is 37.5 Å². The van der Waals surface area contributed by atoms with Crippen LogP contribution in [0.1, 0.15) is 43.1 Å². The van der Waals surface area contributed by atoms with Crippen molar-refractivity contribution >= 4 is 24.0 Å². The molecule has 1 atom stereocenters. The Bertz CT molecular complexity index is 598. The van der Waals surface area contributed by atoms with E-state index in [1.165, 1.54) is 18.4 Å². The van der Waals surface area contributed by atoms with Crippen molar-refractivity contribution < 1.29 is 4.52 Å². The number of nitrogens with zero attached hydrogens (tertiary/aromatic N) is 3. The van der Waals surface area contributed by atoms with E-state index < -0.39 is 0 Å². The molecule has 0 radical (unpaired) electrons. The summed E-state index contributed by atoms with van der Waals surface area (Å²) in [5.41, 5.74) is 6.75. The molecule has 2 aromatic rings. The highest BCUT2D eigenvalue weighted by atomic mass is 35.5. The number of benzene rings is 1. The van der Waals surface area contributed by atoms with Crippen molar-refractivity contribution in [1.29, 1.82) is 0 Å². The first-order valence-electron chi connectivity index (χ1n) is 7.20. The second-order valence-electron chi connectivity index (χ2n) is 5.44. The van der Waals surface area contributed by atoms with Crippen LogP contribution in [-0.4, -0.2) is 21.1 Å². The maximum Gasteiger partial charge on any atom is 0.240 e. The van der Waals surface area contributed by atoms with Gasteiger partial charge in [0.2, 0.25) is 5.89 Å². The molecule has 1 aliphatic rings. The Morgan fingerprint density at radius 3 is 2.59 bits per heavy atom. The van der Waals surface area contributed by atoms with Crippen LogP contribution in [0.4, 0.5) is 0 Å². The fourth-order valence-electron chi connectivity index (χ4n) is 2.52. The fraction of sp³-hybridized carbons (Fsp3) is 0.467. The molecule has 22 heavy (non-hydrogen) atoms. The molecule has 7 heteroatoms. The first kappa shape index (κ1) is 17.2. The summed E-state index contributed by atoms with van der Waals surface area (Å²) in [5, 5.41) is 4.76. The molecule has 0 aliphatic heterocycles. The highest BCUT2D eigenvalue weighted by Gasteiger charge is 2.33. The molecule has 2 N–H and O–H groups in total. The fourth-order valence-corrected chi connectivity index (χ4v) is 2.65. The molecule has 1 fully saturated rings. The van der Waals surface area contributed by atoms with E-state index in [1.807, 2.05) is 12.1 Å². The molecule has 0 spiro atoms. The van der Waals surface area contributed by atoms with E-state index in [-0.39, 0.29) is 25.0 Å². The van der Waals surface area contributed by atoms with Crippen molar-refractivity contribution in [2.75, 3.05) is 0 Å². The Balaban J connectivity index is 0.00000176. The van der Waals surface area contributed by atoms with Gasteiger partial charge in [0.25, 0.3) is 0 Å². The first-order chi connectivity index (χ1) is 10.2. The van der Waals surface area contributed by atoms with Crippen LogP contribution in [0.2, 0.25) is 5.02 Å². The molecule has 1 heterocycles. The van der Waals surface area contributed by atoms with Crippen LogP contribution in [0.25, 0.3) is 0 Å². The minimum atomic E-state index is 0. The molecule has 120 valence electrons. The Morgan fingerprint density at radius 1 is 1.36 bits per heavy atom. The molecule has 5 nitrogen and oxygen atoms in total. The summed E-state index contributed by atoms with van der Waals surface area (Å²) >= 11 is 5.96. The van der Waals surface area contributed by atoms with E-state index in [1.54, 1.807) is 0 Å². The number of halogens is 2. The van der Waals surface area contributed by atoms with E-state index in [0.717, 1.165) is 5.02 Å². The van der Waals surface area contributed by atoms with Crippen molar-refractivity contribution in [1.82, 2.24) is 15.0 Å². The van der Waals surface area contributed by atoms with Crippen molar-refractivity contribution in [3.63, 3.8) is 0 Å². The predicted octanol–water partition coefficient (Wildman–Crippen LogP) is 3.33. The molecular weight excluding hydrogens is 323 g/mol. The molecule has 1 aromatic heterocycles. The third-order valence-corrected chi connectivity index (χ3v) is 4.13. The van der Waals surface area contributed by atoms with Gasteiger partial charge < -0.3 is 10.3 Å². The van der Waals surface area contributed by atoms with Gasteiger partial charge in [-0.3, -0.25) is 4.90 Å². The summed E-state index contributed by atoms with van der Waals surface area (Å²) in [7, 11) is 0.